The number of hydrogen-bond acceptors (Lipinski definition) is 4. The molecule has 1 aromatic carbocycles. The quantitative estimate of drug-likeness (QED) is 0.311. The number of benzene rings is 1. The van der Waals surface area contributed by atoms with Crippen LogP contribution in [0.4, 0.5) is 0 Å². The third-order valence-electron chi connectivity index (χ3n) is 4.09. The summed E-state index contributed by atoms with van der Waals surface area (Å²) in [5.74, 6) is 1.12. The van der Waals surface area contributed by atoms with Crippen molar-refractivity contribution in [3.8, 4) is 5.75 Å². The lowest BCUT2D eigenvalue weighted by atomic mass is 9.93. The van der Waals surface area contributed by atoms with Gasteiger partial charge < -0.3 is 25.8 Å². The SMILES string of the molecule is CCNC(=NCc1ccc(C)cc1OCCCOC)NCC(C)(C)C(N)=O. The van der Waals surface area contributed by atoms with Gasteiger partial charge >= 0.3 is 0 Å². The number of nitrogens with one attached hydrogen (secondary N) is 2. The number of primary amides is 1. The molecular weight excluding hydrogens is 344 g/mol. The fourth-order valence-electron chi connectivity index (χ4n) is 2.21. The first-order valence-corrected chi connectivity index (χ1v) is 9.33. The summed E-state index contributed by atoms with van der Waals surface area (Å²) < 4.78 is 11.0. The van der Waals surface area contributed by atoms with Crippen LogP contribution in [0, 0.1) is 12.3 Å². The van der Waals surface area contributed by atoms with E-state index in [9.17, 15) is 4.79 Å². The molecular formula is C20H34N4O3. The molecule has 0 unspecified atom stereocenters. The Kier molecular flexibility index (Phi) is 9.64. The van der Waals surface area contributed by atoms with Crippen LogP contribution < -0.4 is 21.1 Å². The summed E-state index contributed by atoms with van der Waals surface area (Å²) in [6, 6.07) is 6.10. The highest BCUT2D eigenvalue weighted by molar-refractivity contribution is 5.83. The van der Waals surface area contributed by atoms with Gasteiger partial charge in [-0.3, -0.25) is 4.79 Å². The van der Waals surface area contributed by atoms with Crippen molar-refractivity contribution in [3.05, 3.63) is 29.3 Å². The number of carbonyl (C=O) groups excluding carboxylic acids is 1. The van der Waals surface area contributed by atoms with Crippen LogP contribution in [0.1, 0.15) is 38.3 Å². The summed E-state index contributed by atoms with van der Waals surface area (Å²) in [6.07, 6.45) is 0.833. The van der Waals surface area contributed by atoms with Crippen molar-refractivity contribution in [2.75, 3.05) is 33.4 Å². The normalized spacial score (nSPS) is 12.0. The fraction of sp³-hybridized carbons (Fsp3) is 0.600. The second-order valence-electron chi connectivity index (χ2n) is 7.10. The molecule has 4 N–H and O–H groups in total. The Morgan fingerprint density at radius 2 is 2.00 bits per heavy atom. The predicted molar refractivity (Wildman–Crippen MR) is 109 cm³/mol. The van der Waals surface area contributed by atoms with Crippen molar-refractivity contribution in [3.63, 3.8) is 0 Å². The number of methoxy groups -OCH3 is 1. The minimum atomic E-state index is -0.657. The van der Waals surface area contributed by atoms with Crippen molar-refractivity contribution >= 4 is 11.9 Å². The van der Waals surface area contributed by atoms with Gasteiger partial charge in [0.15, 0.2) is 5.96 Å². The first kappa shape index (κ1) is 22.8. The van der Waals surface area contributed by atoms with Gasteiger partial charge in [0.25, 0.3) is 0 Å². The Balaban J connectivity index is 2.81. The molecule has 152 valence electrons. The Hall–Kier alpha value is -2.28. The van der Waals surface area contributed by atoms with E-state index in [0.29, 0.717) is 32.3 Å². The first-order chi connectivity index (χ1) is 12.8. The topological polar surface area (TPSA) is 98.0 Å². The zero-order valence-electron chi connectivity index (χ0n) is 17.2. The lowest BCUT2D eigenvalue weighted by molar-refractivity contribution is -0.125. The molecule has 1 rings (SSSR count). The van der Waals surface area contributed by atoms with Crippen LogP contribution in [-0.4, -0.2) is 45.3 Å². The standard InChI is InChI=1S/C20H34N4O3/c1-6-22-19(24-14-20(3,4)18(21)25)23-13-16-9-8-15(2)12-17(16)27-11-7-10-26-5/h8-9,12H,6-7,10-11,13-14H2,1-5H3,(H2,21,25)(H2,22,23,24). The number of ether oxygens (including phenoxy) is 2. The highest BCUT2D eigenvalue weighted by Gasteiger charge is 2.24. The Labute approximate surface area is 162 Å². The van der Waals surface area contributed by atoms with Crippen LogP contribution in [0.15, 0.2) is 23.2 Å². The number of nitrogens with zero attached hydrogens (tertiary/aromatic N) is 1. The smallest absolute Gasteiger partial charge is 0.224 e. The maximum atomic E-state index is 11.5. The van der Waals surface area contributed by atoms with Crippen LogP contribution in [0.25, 0.3) is 0 Å². The van der Waals surface area contributed by atoms with Crippen molar-refractivity contribution in [2.24, 2.45) is 16.1 Å². The Morgan fingerprint density at radius 3 is 2.63 bits per heavy atom. The molecule has 1 amide bonds. The molecule has 0 saturated heterocycles. The summed E-state index contributed by atoms with van der Waals surface area (Å²) in [6.45, 7) is 10.5. The molecule has 0 saturated carbocycles. The number of carbonyl (C=O) groups is 1. The molecule has 0 spiro atoms. The van der Waals surface area contributed by atoms with E-state index >= 15 is 0 Å². The average Bonchev–Trinajstić information content (AvgIpc) is 2.62. The van der Waals surface area contributed by atoms with E-state index in [2.05, 4.69) is 15.6 Å². The van der Waals surface area contributed by atoms with Gasteiger partial charge in [-0.05, 0) is 39.3 Å². The van der Waals surface area contributed by atoms with Crippen molar-refractivity contribution in [1.82, 2.24) is 10.6 Å². The van der Waals surface area contributed by atoms with Crippen molar-refractivity contribution in [2.45, 2.75) is 40.7 Å². The Morgan fingerprint density at radius 1 is 1.26 bits per heavy atom. The number of aliphatic imine (C=N–C) groups is 1. The highest BCUT2D eigenvalue weighted by Crippen LogP contribution is 2.21. The van der Waals surface area contributed by atoms with E-state index < -0.39 is 5.41 Å². The van der Waals surface area contributed by atoms with Crippen molar-refractivity contribution in [1.29, 1.82) is 0 Å². The van der Waals surface area contributed by atoms with Crippen molar-refractivity contribution < 1.29 is 14.3 Å². The van der Waals surface area contributed by atoms with Gasteiger partial charge in [-0.1, -0.05) is 12.1 Å². The maximum Gasteiger partial charge on any atom is 0.224 e. The lowest BCUT2D eigenvalue weighted by Gasteiger charge is -2.22. The van der Waals surface area contributed by atoms with Gasteiger partial charge in [0.1, 0.15) is 5.75 Å². The molecule has 0 aliphatic carbocycles. The van der Waals surface area contributed by atoms with E-state index in [1.165, 1.54) is 0 Å². The first-order valence-electron chi connectivity index (χ1n) is 9.33. The second-order valence-corrected chi connectivity index (χ2v) is 7.10. The van der Waals surface area contributed by atoms with Gasteiger partial charge in [-0.25, -0.2) is 4.99 Å². The largest absolute Gasteiger partial charge is 0.493 e. The van der Waals surface area contributed by atoms with Crippen LogP contribution in [0.2, 0.25) is 0 Å². The van der Waals surface area contributed by atoms with E-state index in [-0.39, 0.29) is 5.91 Å². The minimum Gasteiger partial charge on any atom is -0.493 e. The summed E-state index contributed by atoms with van der Waals surface area (Å²) >= 11 is 0. The average molecular weight is 379 g/mol. The molecule has 0 heterocycles. The zero-order chi connectivity index (χ0) is 20.3. The fourth-order valence-corrected chi connectivity index (χ4v) is 2.21. The van der Waals surface area contributed by atoms with Gasteiger partial charge in [0, 0.05) is 38.8 Å². The third-order valence-corrected chi connectivity index (χ3v) is 4.09. The monoisotopic (exact) mass is 378 g/mol. The summed E-state index contributed by atoms with van der Waals surface area (Å²) in [5.41, 5.74) is 6.92. The van der Waals surface area contributed by atoms with Gasteiger partial charge in [-0.2, -0.15) is 0 Å². The molecule has 0 aromatic heterocycles. The number of nitrogens with two attached hydrogens (primary N) is 1. The Bertz CT molecular complexity index is 630. The molecule has 0 aliphatic rings. The predicted octanol–water partition coefficient (Wildman–Crippen LogP) is 1.98. The molecule has 0 fully saturated rings. The molecule has 0 atom stereocenters. The molecule has 7 nitrogen and oxygen atoms in total. The van der Waals surface area contributed by atoms with Crippen LogP contribution >= 0.6 is 0 Å². The third kappa shape index (κ3) is 8.30. The van der Waals surface area contributed by atoms with E-state index in [1.54, 1.807) is 21.0 Å². The molecule has 0 bridgehead atoms. The van der Waals surface area contributed by atoms with Crippen LogP contribution in [-0.2, 0) is 16.1 Å². The highest BCUT2D eigenvalue weighted by atomic mass is 16.5. The number of aryl methyl sites for hydroxylation is 1. The second kappa shape index (κ2) is 11.4. The number of guanidine groups is 1. The van der Waals surface area contributed by atoms with Gasteiger partial charge in [0.05, 0.1) is 18.6 Å². The minimum absolute atomic E-state index is 0.351. The van der Waals surface area contributed by atoms with Gasteiger partial charge in [0.2, 0.25) is 5.91 Å². The number of amides is 1. The molecule has 0 radical (unpaired) electrons. The lowest BCUT2D eigenvalue weighted by Crippen LogP contribution is -2.46. The summed E-state index contributed by atoms with van der Waals surface area (Å²) in [7, 11) is 1.68. The van der Waals surface area contributed by atoms with Crippen LogP contribution in [0.5, 0.6) is 5.75 Å². The zero-order valence-corrected chi connectivity index (χ0v) is 17.2. The van der Waals surface area contributed by atoms with E-state index in [1.807, 2.05) is 32.0 Å². The van der Waals surface area contributed by atoms with Gasteiger partial charge in [-0.15, -0.1) is 0 Å². The molecule has 7 heteroatoms. The molecule has 0 aliphatic heterocycles. The summed E-state index contributed by atoms with van der Waals surface area (Å²) in [4.78, 5) is 16.1. The van der Waals surface area contributed by atoms with Crippen LogP contribution in [0.3, 0.4) is 0 Å². The van der Waals surface area contributed by atoms with E-state index in [0.717, 1.165) is 29.8 Å². The maximum absolute atomic E-state index is 11.5. The number of rotatable bonds is 11. The number of hydrogen-bond donors (Lipinski definition) is 3. The molecule has 1 aromatic rings. The molecule has 27 heavy (non-hydrogen) atoms. The van der Waals surface area contributed by atoms with E-state index in [4.69, 9.17) is 15.2 Å². The summed E-state index contributed by atoms with van der Waals surface area (Å²) in [5, 5.41) is 6.37.